The second kappa shape index (κ2) is 11.8. The number of nitrogens with zero attached hydrogens (tertiary/aromatic N) is 3. The molecule has 0 saturated carbocycles. The number of hydrogen-bond acceptors (Lipinski definition) is 8. The van der Waals surface area contributed by atoms with Crippen LogP contribution in [0.3, 0.4) is 0 Å². The minimum absolute atomic E-state index is 0.0940. The number of hydrogen-bond donors (Lipinski definition) is 0. The van der Waals surface area contributed by atoms with E-state index < -0.39 is 23.1 Å². The number of thiazole rings is 1. The van der Waals surface area contributed by atoms with Crippen LogP contribution in [0.1, 0.15) is 52.9 Å². The summed E-state index contributed by atoms with van der Waals surface area (Å²) in [4.78, 5) is 70.0. The third-order valence-electron chi connectivity index (χ3n) is 7.92. The van der Waals surface area contributed by atoms with Crippen molar-refractivity contribution in [2.24, 2.45) is 5.92 Å². The van der Waals surface area contributed by atoms with Crippen molar-refractivity contribution in [3.8, 4) is 0 Å². The average Bonchev–Trinajstić information content (AvgIpc) is 3.44. The number of fused-ring (bicyclic) bond motifs is 2. The number of thioether (sulfide) groups is 1. The van der Waals surface area contributed by atoms with Gasteiger partial charge in [-0.25, -0.2) is 9.69 Å². The first-order chi connectivity index (χ1) is 20.3. The summed E-state index contributed by atoms with van der Waals surface area (Å²) in [6, 6.07) is 13.8. The first kappa shape index (κ1) is 28.9. The third kappa shape index (κ3) is 5.13. The lowest BCUT2D eigenvalue weighted by atomic mass is 9.83. The van der Waals surface area contributed by atoms with Crippen molar-refractivity contribution in [3.05, 3.63) is 78.7 Å². The largest absolute Gasteiger partial charge is 0.462 e. The summed E-state index contributed by atoms with van der Waals surface area (Å²) in [5.74, 6) is -2.63. The molecule has 2 fully saturated rings. The molecule has 0 radical (unpaired) electrons. The Kier molecular flexibility index (Phi) is 8.12. The van der Waals surface area contributed by atoms with E-state index in [9.17, 15) is 24.0 Å². The number of carbonyl (C=O) groups is 4. The van der Waals surface area contributed by atoms with Gasteiger partial charge in [-0.2, -0.15) is 0 Å². The van der Waals surface area contributed by atoms with Gasteiger partial charge in [0.15, 0.2) is 0 Å². The molecule has 0 bridgehead atoms. The highest BCUT2D eigenvalue weighted by atomic mass is 79.9. The molecule has 0 N–H and O–H groups in total. The first-order valence-electron chi connectivity index (χ1n) is 13.9. The number of likely N-dealkylation sites (tertiary alicyclic amines) is 1. The second-order valence-corrected chi connectivity index (χ2v) is 13.5. The zero-order chi connectivity index (χ0) is 29.5. The molecule has 3 amide bonds. The molecular formula is C30H28BrN3O6S2. The molecule has 2 aromatic carbocycles. The van der Waals surface area contributed by atoms with Gasteiger partial charge in [0.2, 0.25) is 17.7 Å². The van der Waals surface area contributed by atoms with Gasteiger partial charge in [-0.15, -0.1) is 0 Å². The number of benzene rings is 2. The highest BCUT2D eigenvalue weighted by Gasteiger charge is 2.56. The standard InChI is InChI=1S/C30H28BrN3O6S2/c1-2-40-29(38)18-8-12-20(13-9-18)34-26(36)23-22(17-6-10-19(31)11-7-17)25-28(41-24(23)27(34)37)33(30(39)42-25)16-21(35)32-14-4-3-5-15-32/h6-13,22-24H,2-5,14-16H2,1H3. The molecule has 2 saturated heterocycles. The summed E-state index contributed by atoms with van der Waals surface area (Å²) >= 11 is 5.71. The van der Waals surface area contributed by atoms with Gasteiger partial charge < -0.3 is 9.64 Å². The molecule has 0 aliphatic carbocycles. The quantitative estimate of drug-likeness (QED) is 0.278. The van der Waals surface area contributed by atoms with Crippen molar-refractivity contribution in [1.82, 2.24) is 9.47 Å². The summed E-state index contributed by atoms with van der Waals surface area (Å²) in [7, 11) is 0. The fourth-order valence-electron chi connectivity index (χ4n) is 5.88. The molecule has 0 spiro atoms. The number of anilines is 1. The Morgan fingerprint density at radius 3 is 2.31 bits per heavy atom. The van der Waals surface area contributed by atoms with Crippen LogP contribution in [0.2, 0.25) is 0 Å². The molecule has 3 aliphatic rings. The molecule has 3 unspecified atom stereocenters. The van der Waals surface area contributed by atoms with E-state index in [1.807, 2.05) is 24.3 Å². The minimum Gasteiger partial charge on any atom is -0.462 e. The predicted octanol–water partition coefficient (Wildman–Crippen LogP) is 4.66. The molecule has 3 aliphatic heterocycles. The Balaban J connectivity index is 1.38. The number of imide groups is 1. The number of esters is 1. The van der Waals surface area contributed by atoms with Crippen LogP contribution in [0.5, 0.6) is 0 Å². The first-order valence-corrected chi connectivity index (χ1v) is 16.4. The molecule has 42 heavy (non-hydrogen) atoms. The fourth-order valence-corrected chi connectivity index (χ4v) is 8.92. The lowest BCUT2D eigenvalue weighted by Gasteiger charge is -2.31. The Labute approximate surface area is 259 Å². The van der Waals surface area contributed by atoms with E-state index in [0.717, 1.165) is 40.6 Å². The Hall–Kier alpha value is -3.22. The molecular weight excluding hydrogens is 642 g/mol. The molecule has 3 atom stereocenters. The van der Waals surface area contributed by atoms with Crippen LogP contribution in [0.15, 0.2) is 62.8 Å². The number of rotatable bonds is 6. The molecule has 6 rings (SSSR count). The maximum absolute atomic E-state index is 14.1. The number of ether oxygens (including phenoxy) is 1. The van der Waals surface area contributed by atoms with E-state index in [1.165, 1.54) is 33.4 Å². The smallest absolute Gasteiger partial charge is 0.338 e. The zero-order valence-electron chi connectivity index (χ0n) is 22.8. The normalized spacial score (nSPS) is 21.7. The van der Waals surface area contributed by atoms with Gasteiger partial charge in [-0.05, 0) is 68.1 Å². The van der Waals surface area contributed by atoms with Crippen LogP contribution < -0.4 is 9.77 Å². The van der Waals surface area contributed by atoms with E-state index in [-0.39, 0.29) is 35.7 Å². The van der Waals surface area contributed by atoms with Gasteiger partial charge >= 0.3 is 10.8 Å². The summed E-state index contributed by atoms with van der Waals surface area (Å²) in [6.45, 7) is 3.22. The minimum atomic E-state index is -0.784. The molecule has 3 aromatic rings. The maximum Gasteiger partial charge on any atom is 0.338 e. The van der Waals surface area contributed by atoms with E-state index in [1.54, 1.807) is 24.0 Å². The fraction of sp³-hybridized carbons (Fsp3) is 0.367. The van der Waals surface area contributed by atoms with Crippen molar-refractivity contribution in [3.63, 3.8) is 0 Å². The van der Waals surface area contributed by atoms with E-state index in [0.29, 0.717) is 34.2 Å². The summed E-state index contributed by atoms with van der Waals surface area (Å²) in [5, 5.41) is -0.209. The Bertz CT molecular complexity index is 1610. The van der Waals surface area contributed by atoms with Crippen molar-refractivity contribution in [2.45, 2.75) is 48.9 Å². The SMILES string of the molecule is CCOC(=O)c1ccc(N2C(=O)C3Sc4c(sc(=O)n4CC(=O)N4CCCCC4)C(c4ccc(Br)cc4)C3C2=O)cc1. The topological polar surface area (TPSA) is 106 Å². The van der Waals surface area contributed by atoms with Gasteiger partial charge in [0.05, 0.1) is 28.8 Å². The van der Waals surface area contributed by atoms with Crippen LogP contribution in [0.4, 0.5) is 5.69 Å². The third-order valence-corrected chi connectivity index (χ3v) is 11.0. The number of halogens is 1. The molecule has 218 valence electrons. The van der Waals surface area contributed by atoms with Crippen molar-refractivity contribution < 1.29 is 23.9 Å². The molecule has 9 nitrogen and oxygen atoms in total. The van der Waals surface area contributed by atoms with Crippen molar-refractivity contribution in [2.75, 3.05) is 24.6 Å². The lowest BCUT2D eigenvalue weighted by Crippen LogP contribution is -2.39. The van der Waals surface area contributed by atoms with Gasteiger partial charge in [0.25, 0.3) is 0 Å². The molecule has 1 aromatic heterocycles. The number of aromatic nitrogens is 1. The average molecular weight is 671 g/mol. The Morgan fingerprint density at radius 1 is 0.952 bits per heavy atom. The maximum atomic E-state index is 14.1. The van der Waals surface area contributed by atoms with E-state index in [4.69, 9.17) is 4.74 Å². The predicted molar refractivity (Wildman–Crippen MR) is 163 cm³/mol. The van der Waals surface area contributed by atoms with Crippen LogP contribution in [0.25, 0.3) is 0 Å². The van der Waals surface area contributed by atoms with Gasteiger partial charge in [-0.3, -0.25) is 23.7 Å². The molecule has 12 heteroatoms. The number of amides is 3. The van der Waals surface area contributed by atoms with E-state index in [2.05, 4.69) is 15.9 Å². The van der Waals surface area contributed by atoms with Gasteiger partial charge in [0.1, 0.15) is 11.8 Å². The number of carbonyl (C=O) groups excluding carboxylic acids is 4. The van der Waals surface area contributed by atoms with Crippen molar-refractivity contribution in [1.29, 1.82) is 0 Å². The highest BCUT2D eigenvalue weighted by molar-refractivity contribution is 9.10. The molecule has 4 heterocycles. The van der Waals surface area contributed by atoms with Crippen LogP contribution >= 0.6 is 39.0 Å². The zero-order valence-corrected chi connectivity index (χ0v) is 26.0. The number of piperidine rings is 1. The van der Waals surface area contributed by atoms with Crippen LogP contribution in [-0.4, -0.2) is 58.1 Å². The second-order valence-electron chi connectivity index (χ2n) is 10.4. The van der Waals surface area contributed by atoms with Gasteiger partial charge in [0, 0.05) is 28.4 Å². The van der Waals surface area contributed by atoms with Crippen molar-refractivity contribution >= 4 is 68.4 Å². The summed E-state index contributed by atoms with van der Waals surface area (Å²) in [6.07, 6.45) is 2.98. The van der Waals surface area contributed by atoms with Crippen LogP contribution in [-0.2, 0) is 25.7 Å². The van der Waals surface area contributed by atoms with Crippen LogP contribution in [0, 0.1) is 5.92 Å². The lowest BCUT2D eigenvalue weighted by molar-refractivity contribution is -0.133. The Morgan fingerprint density at radius 2 is 1.64 bits per heavy atom. The van der Waals surface area contributed by atoms with E-state index >= 15 is 0 Å². The summed E-state index contributed by atoms with van der Waals surface area (Å²) in [5.41, 5.74) is 1.50. The monoisotopic (exact) mass is 669 g/mol. The highest BCUT2D eigenvalue weighted by Crippen LogP contribution is 2.54. The van der Waals surface area contributed by atoms with Gasteiger partial charge in [-0.1, -0.05) is 51.2 Å². The summed E-state index contributed by atoms with van der Waals surface area (Å²) < 4.78 is 7.40.